The lowest BCUT2D eigenvalue weighted by Gasteiger charge is -2.23. The van der Waals surface area contributed by atoms with Crippen LogP contribution in [0.4, 0.5) is 10.5 Å². The third-order valence-electron chi connectivity index (χ3n) is 5.48. The number of sulfone groups is 1. The van der Waals surface area contributed by atoms with Crippen molar-refractivity contribution in [1.82, 2.24) is 15.3 Å². The molecule has 0 fully saturated rings. The molecule has 2 amide bonds. The Bertz CT molecular complexity index is 1340. The van der Waals surface area contributed by atoms with E-state index in [9.17, 15) is 13.2 Å². The van der Waals surface area contributed by atoms with E-state index in [1.54, 1.807) is 6.07 Å². The lowest BCUT2D eigenvalue weighted by atomic mass is 9.92. The van der Waals surface area contributed by atoms with E-state index in [0.717, 1.165) is 12.0 Å². The second kappa shape index (κ2) is 8.09. The van der Waals surface area contributed by atoms with E-state index in [0.29, 0.717) is 41.2 Å². The van der Waals surface area contributed by atoms with E-state index in [2.05, 4.69) is 20.6 Å². The zero-order chi connectivity index (χ0) is 22.5. The normalized spacial score (nSPS) is 19.0. The largest absolute Gasteiger partial charge is 0.491 e. The Balaban J connectivity index is 1.40. The number of benzene rings is 1. The number of alkyl halides is 1. The molecular weight excluding hydrogens is 479 g/mol. The van der Waals surface area contributed by atoms with Crippen molar-refractivity contribution >= 4 is 55.9 Å². The second-order valence-electron chi connectivity index (χ2n) is 7.56. The van der Waals surface area contributed by atoms with Gasteiger partial charge in [-0.15, -0.1) is 11.6 Å². The van der Waals surface area contributed by atoms with Gasteiger partial charge in [0.1, 0.15) is 34.0 Å². The number of aryl methyl sites for hydroxylation is 1. The molecule has 1 aliphatic carbocycles. The summed E-state index contributed by atoms with van der Waals surface area (Å²) in [6.45, 7) is 0.115. The molecule has 9 nitrogen and oxygen atoms in total. The molecule has 2 aromatic heterocycles. The van der Waals surface area contributed by atoms with Crippen LogP contribution in [0, 0.1) is 0 Å². The van der Waals surface area contributed by atoms with Gasteiger partial charge >= 0.3 is 6.03 Å². The van der Waals surface area contributed by atoms with Crippen molar-refractivity contribution in [2.75, 3.05) is 17.7 Å². The number of carbonyl (C=O) groups is 1. The van der Waals surface area contributed by atoms with Crippen LogP contribution < -0.4 is 15.4 Å². The maximum Gasteiger partial charge on any atom is 0.319 e. The van der Waals surface area contributed by atoms with E-state index < -0.39 is 15.9 Å². The standard InChI is InChI=1S/C20H18Cl2N4O5S/c21-9-15-25-18(22)17-16-11(2-1-3-13(16)31-19(17)26-15)24-20(27)23-10-4-5-12-14(8-10)32(28,29)7-6-30-12/h4-5,8,11H,1-3,6-7,9H2,(H2,23,24,27). The van der Waals surface area contributed by atoms with E-state index in [1.165, 1.54) is 12.1 Å². The average Bonchev–Trinajstić information content (AvgIpc) is 3.14. The number of anilines is 1. The van der Waals surface area contributed by atoms with Crippen LogP contribution in [0.1, 0.15) is 36.0 Å². The first kappa shape index (κ1) is 21.3. The number of furan rings is 1. The maximum atomic E-state index is 12.7. The predicted octanol–water partition coefficient (Wildman–Crippen LogP) is 3.98. The Morgan fingerprint density at radius 1 is 1.28 bits per heavy atom. The summed E-state index contributed by atoms with van der Waals surface area (Å²) in [5, 5.41) is 6.42. The molecule has 12 heteroatoms. The molecule has 0 saturated heterocycles. The number of rotatable bonds is 3. The van der Waals surface area contributed by atoms with Gasteiger partial charge < -0.3 is 19.8 Å². The highest BCUT2D eigenvalue weighted by Gasteiger charge is 2.31. The van der Waals surface area contributed by atoms with Gasteiger partial charge in [0, 0.05) is 17.7 Å². The summed E-state index contributed by atoms with van der Waals surface area (Å²) in [6, 6.07) is 3.68. The fourth-order valence-electron chi connectivity index (χ4n) is 4.08. The molecule has 3 heterocycles. The first-order chi connectivity index (χ1) is 15.4. The number of nitrogens with zero attached hydrogens (tertiary/aromatic N) is 2. The number of aromatic nitrogens is 2. The Hall–Kier alpha value is -2.56. The van der Waals surface area contributed by atoms with E-state index in [1.807, 2.05) is 0 Å². The van der Waals surface area contributed by atoms with Crippen molar-refractivity contribution < 1.29 is 22.4 Å². The van der Waals surface area contributed by atoms with Gasteiger partial charge in [0.2, 0.25) is 5.71 Å². The number of hydrogen-bond donors (Lipinski definition) is 2. The number of urea groups is 1. The minimum Gasteiger partial charge on any atom is -0.491 e. The monoisotopic (exact) mass is 496 g/mol. The molecule has 1 unspecified atom stereocenters. The van der Waals surface area contributed by atoms with Gasteiger partial charge in [-0.2, -0.15) is 4.98 Å². The second-order valence-corrected chi connectivity index (χ2v) is 10.3. The molecule has 0 spiro atoms. The van der Waals surface area contributed by atoms with Crippen LogP contribution in [0.5, 0.6) is 5.75 Å². The summed E-state index contributed by atoms with van der Waals surface area (Å²) in [5.74, 6) is 1.37. The maximum absolute atomic E-state index is 12.7. The molecule has 0 radical (unpaired) electrons. The molecule has 2 N–H and O–H groups in total. The van der Waals surface area contributed by atoms with Crippen LogP contribution >= 0.6 is 23.2 Å². The fourth-order valence-corrected chi connectivity index (χ4v) is 5.74. The summed E-state index contributed by atoms with van der Waals surface area (Å²) in [6.07, 6.45) is 2.18. The number of halogens is 2. The minimum absolute atomic E-state index is 0.0707. The quantitative estimate of drug-likeness (QED) is 0.415. The Morgan fingerprint density at radius 3 is 2.94 bits per heavy atom. The van der Waals surface area contributed by atoms with Crippen molar-refractivity contribution in [2.24, 2.45) is 0 Å². The summed E-state index contributed by atoms with van der Waals surface area (Å²) in [4.78, 5) is 21.3. The Kier molecular flexibility index (Phi) is 5.39. The van der Waals surface area contributed by atoms with Crippen LogP contribution in [-0.2, 0) is 22.1 Å². The van der Waals surface area contributed by atoms with E-state index in [-0.39, 0.29) is 40.1 Å². The van der Waals surface area contributed by atoms with Crippen molar-refractivity contribution in [1.29, 1.82) is 0 Å². The summed E-state index contributed by atoms with van der Waals surface area (Å²) in [5.41, 5.74) is 1.45. The Morgan fingerprint density at radius 2 is 2.12 bits per heavy atom. The first-order valence-electron chi connectivity index (χ1n) is 9.96. The van der Waals surface area contributed by atoms with Crippen LogP contribution in [0.15, 0.2) is 27.5 Å². The molecule has 0 saturated carbocycles. The van der Waals surface area contributed by atoms with Gasteiger partial charge in [0.15, 0.2) is 9.84 Å². The smallest absolute Gasteiger partial charge is 0.319 e. The number of amides is 2. The highest BCUT2D eigenvalue weighted by molar-refractivity contribution is 7.91. The van der Waals surface area contributed by atoms with Crippen LogP contribution in [-0.4, -0.2) is 36.8 Å². The SMILES string of the molecule is O=C(Nc1ccc2c(c1)S(=O)(=O)CCO2)NC1CCCc2oc3nc(CCl)nc(Cl)c3c21. The van der Waals surface area contributed by atoms with E-state index in [4.69, 9.17) is 32.4 Å². The average molecular weight is 497 g/mol. The van der Waals surface area contributed by atoms with Crippen molar-refractivity contribution in [2.45, 2.75) is 36.1 Å². The third-order valence-corrected chi connectivity index (χ3v) is 7.69. The third kappa shape index (κ3) is 3.76. The molecule has 1 aliphatic heterocycles. The van der Waals surface area contributed by atoms with Crippen LogP contribution in [0.25, 0.3) is 11.1 Å². The molecule has 2 aliphatic rings. The predicted molar refractivity (Wildman–Crippen MR) is 118 cm³/mol. The van der Waals surface area contributed by atoms with Gasteiger partial charge in [-0.05, 0) is 31.0 Å². The Labute approximate surface area is 193 Å². The van der Waals surface area contributed by atoms with Gasteiger partial charge in [0.05, 0.1) is 23.1 Å². The molecule has 168 valence electrons. The molecule has 1 atom stereocenters. The highest BCUT2D eigenvalue weighted by Crippen LogP contribution is 2.40. The molecule has 1 aromatic carbocycles. The molecule has 5 rings (SSSR count). The van der Waals surface area contributed by atoms with Gasteiger partial charge in [-0.25, -0.2) is 18.2 Å². The van der Waals surface area contributed by atoms with Crippen LogP contribution in [0.2, 0.25) is 5.15 Å². The first-order valence-corrected chi connectivity index (χ1v) is 12.5. The lowest BCUT2D eigenvalue weighted by molar-refractivity contribution is 0.246. The topological polar surface area (TPSA) is 123 Å². The van der Waals surface area contributed by atoms with E-state index >= 15 is 0 Å². The molecular formula is C20H18Cl2N4O5S. The van der Waals surface area contributed by atoms with Crippen molar-refractivity contribution in [3.63, 3.8) is 0 Å². The fraction of sp³-hybridized carbons (Fsp3) is 0.350. The number of carbonyl (C=O) groups excluding carboxylic acids is 1. The van der Waals surface area contributed by atoms with Gasteiger partial charge in [-0.3, -0.25) is 0 Å². The molecule has 3 aromatic rings. The van der Waals surface area contributed by atoms with Gasteiger partial charge in [-0.1, -0.05) is 11.6 Å². The summed E-state index contributed by atoms with van der Waals surface area (Å²) in [7, 11) is -3.44. The number of fused-ring (bicyclic) bond motifs is 4. The number of hydrogen-bond acceptors (Lipinski definition) is 7. The summed E-state index contributed by atoms with van der Waals surface area (Å²) >= 11 is 12.2. The summed E-state index contributed by atoms with van der Waals surface area (Å²) < 4.78 is 35.8. The highest BCUT2D eigenvalue weighted by atomic mass is 35.5. The van der Waals surface area contributed by atoms with Crippen molar-refractivity contribution in [3.05, 3.63) is 40.5 Å². The zero-order valence-corrected chi connectivity index (χ0v) is 19.0. The number of ether oxygens (including phenoxy) is 1. The van der Waals surface area contributed by atoms with Crippen molar-refractivity contribution in [3.8, 4) is 5.75 Å². The lowest BCUT2D eigenvalue weighted by Crippen LogP contribution is -2.34. The zero-order valence-electron chi connectivity index (χ0n) is 16.7. The number of nitrogens with one attached hydrogen (secondary N) is 2. The molecule has 32 heavy (non-hydrogen) atoms. The minimum atomic E-state index is -3.44. The van der Waals surface area contributed by atoms with Gasteiger partial charge in [0.25, 0.3) is 0 Å². The van der Waals surface area contributed by atoms with Crippen LogP contribution in [0.3, 0.4) is 0 Å². The molecule has 0 bridgehead atoms.